The summed E-state index contributed by atoms with van der Waals surface area (Å²) in [5, 5.41) is 16.2. The normalized spacial score (nSPS) is 17.8. The van der Waals surface area contributed by atoms with Crippen LogP contribution in [0.2, 0.25) is 0 Å². The highest BCUT2D eigenvalue weighted by Crippen LogP contribution is 2.44. The van der Waals surface area contributed by atoms with E-state index in [0.29, 0.717) is 24.1 Å². The third-order valence-electron chi connectivity index (χ3n) is 10.4. The lowest BCUT2D eigenvalue weighted by atomic mass is 9.91. The van der Waals surface area contributed by atoms with Gasteiger partial charge in [0.05, 0.1) is 18.8 Å². The van der Waals surface area contributed by atoms with E-state index in [1.807, 2.05) is 140 Å². The van der Waals surface area contributed by atoms with Crippen molar-refractivity contribution in [2.75, 3.05) is 5.75 Å². The Balaban J connectivity index is 1.01. The first-order valence-corrected chi connectivity index (χ1v) is 20.5. The van der Waals surface area contributed by atoms with Crippen molar-refractivity contribution < 1.29 is 23.8 Å². The highest BCUT2D eigenvalue weighted by molar-refractivity contribution is 7.99. The number of rotatable bonds is 13. The summed E-state index contributed by atoms with van der Waals surface area (Å²) in [6.45, 7) is 2.98. The van der Waals surface area contributed by atoms with E-state index in [4.69, 9.17) is 18.9 Å². The van der Waals surface area contributed by atoms with Gasteiger partial charge in [0.1, 0.15) is 5.69 Å². The Labute approximate surface area is 343 Å². The van der Waals surface area contributed by atoms with Gasteiger partial charge in [0.25, 0.3) is 5.22 Å². The molecule has 8 nitrogen and oxygen atoms in total. The van der Waals surface area contributed by atoms with Crippen LogP contribution in [-0.4, -0.2) is 28.0 Å². The van der Waals surface area contributed by atoms with Crippen LogP contribution in [0.5, 0.6) is 0 Å². The third kappa shape index (κ3) is 9.41. The van der Waals surface area contributed by atoms with Gasteiger partial charge in [-0.2, -0.15) is 0 Å². The highest BCUT2D eigenvalue weighted by atomic mass is 32.2. The van der Waals surface area contributed by atoms with Crippen molar-refractivity contribution in [1.29, 1.82) is 0 Å². The molecule has 1 saturated heterocycles. The van der Waals surface area contributed by atoms with Crippen molar-refractivity contribution in [3.8, 4) is 33.7 Å². The lowest BCUT2D eigenvalue weighted by molar-refractivity contribution is -0.268. The molecule has 8 rings (SSSR count). The molecule has 3 N–H and O–H groups in total. The number of carbonyl (C=O) groups is 1. The highest BCUT2D eigenvalue weighted by Gasteiger charge is 2.39. The molecule has 1 fully saturated rings. The molecule has 4 atom stereocenters. The van der Waals surface area contributed by atoms with Crippen LogP contribution < -0.4 is 10.6 Å². The number of carbonyl (C=O) groups excluding carboxylic acids is 1. The molecule has 1 aromatic heterocycles. The zero-order valence-corrected chi connectivity index (χ0v) is 33.0. The van der Waals surface area contributed by atoms with Crippen molar-refractivity contribution in [3.05, 3.63) is 192 Å². The van der Waals surface area contributed by atoms with Crippen LogP contribution in [0.15, 0.2) is 173 Å². The Bertz CT molecular complexity index is 2350. The summed E-state index contributed by atoms with van der Waals surface area (Å²) < 4.78 is 20.1. The van der Waals surface area contributed by atoms with E-state index < -0.39 is 6.29 Å². The average Bonchev–Trinajstić information content (AvgIpc) is 3.73. The molecule has 292 valence electrons. The number of aliphatic hydroxyl groups is 1. The summed E-state index contributed by atoms with van der Waals surface area (Å²) in [4.78, 5) is 17.6. The number of nitrogens with one attached hydrogen (secondary N) is 2. The Morgan fingerprint density at radius 1 is 0.638 bits per heavy atom. The second kappa shape index (κ2) is 18.5. The predicted molar refractivity (Wildman–Crippen MR) is 228 cm³/mol. The molecule has 6 aromatic carbocycles. The molecule has 7 aromatic rings. The van der Waals surface area contributed by atoms with Crippen molar-refractivity contribution in [2.24, 2.45) is 5.92 Å². The molecule has 1 aliphatic heterocycles. The molecule has 2 heterocycles. The lowest BCUT2D eigenvalue weighted by Crippen LogP contribution is -2.38. The Morgan fingerprint density at radius 3 is 1.95 bits per heavy atom. The Morgan fingerprint density at radius 2 is 1.24 bits per heavy atom. The van der Waals surface area contributed by atoms with Gasteiger partial charge < -0.3 is 29.6 Å². The first-order valence-electron chi connectivity index (χ1n) is 19.5. The Hall–Kier alpha value is -5.97. The topological polar surface area (TPSA) is 106 Å². The largest absolute Gasteiger partial charge is 0.431 e. The number of ether oxygens (including phenoxy) is 2. The monoisotopic (exact) mass is 787 g/mol. The number of nitrogens with zero attached hydrogens (tertiary/aromatic N) is 1. The van der Waals surface area contributed by atoms with Gasteiger partial charge in [0.2, 0.25) is 0 Å². The molecule has 0 aliphatic carbocycles. The predicted octanol–water partition coefficient (Wildman–Crippen LogP) is 10.8. The minimum Gasteiger partial charge on any atom is -0.431 e. The molecular weight excluding hydrogens is 743 g/mol. The van der Waals surface area contributed by atoms with Crippen LogP contribution in [0.3, 0.4) is 0 Å². The number of hydrogen-bond donors (Lipinski definition) is 3. The summed E-state index contributed by atoms with van der Waals surface area (Å²) in [6.07, 6.45) is -1.14. The van der Waals surface area contributed by atoms with Gasteiger partial charge in [-0.05, 0) is 45.5 Å². The van der Waals surface area contributed by atoms with Gasteiger partial charge in [-0.1, -0.05) is 170 Å². The summed E-state index contributed by atoms with van der Waals surface area (Å²) in [5.74, 6) is 1.30. The summed E-state index contributed by atoms with van der Waals surface area (Å²) in [5.41, 5.74) is 9.58. The number of oxazole rings is 1. The van der Waals surface area contributed by atoms with Crippen LogP contribution in [0.4, 0.5) is 4.79 Å². The molecule has 58 heavy (non-hydrogen) atoms. The molecule has 0 unspecified atom stereocenters. The van der Waals surface area contributed by atoms with Crippen LogP contribution in [0.1, 0.15) is 47.1 Å². The zero-order valence-electron chi connectivity index (χ0n) is 32.2. The lowest BCUT2D eigenvalue weighted by Gasteiger charge is -2.41. The van der Waals surface area contributed by atoms with E-state index >= 15 is 0 Å². The maximum atomic E-state index is 12.6. The molecule has 0 spiro atoms. The maximum Gasteiger partial charge on any atom is 0.315 e. The van der Waals surface area contributed by atoms with Gasteiger partial charge in [-0.15, -0.1) is 0 Å². The quantitative estimate of drug-likeness (QED) is 0.0999. The van der Waals surface area contributed by atoms with E-state index in [9.17, 15) is 9.90 Å². The summed E-state index contributed by atoms with van der Waals surface area (Å²) in [6, 6.07) is 54.2. The van der Waals surface area contributed by atoms with Crippen molar-refractivity contribution in [1.82, 2.24) is 15.6 Å². The number of aliphatic hydroxyl groups excluding tert-OH is 1. The fourth-order valence-electron chi connectivity index (χ4n) is 7.15. The second-order valence-electron chi connectivity index (χ2n) is 14.4. The van der Waals surface area contributed by atoms with Gasteiger partial charge in [0, 0.05) is 41.5 Å². The number of urea groups is 1. The van der Waals surface area contributed by atoms with Gasteiger partial charge in [0.15, 0.2) is 12.1 Å². The summed E-state index contributed by atoms with van der Waals surface area (Å²) in [7, 11) is 0. The van der Waals surface area contributed by atoms with E-state index in [0.717, 1.165) is 61.5 Å². The fourth-order valence-corrected chi connectivity index (χ4v) is 8.14. The minimum absolute atomic E-state index is 0.0156. The minimum atomic E-state index is -0.647. The molecule has 0 bridgehead atoms. The van der Waals surface area contributed by atoms with E-state index in [2.05, 4.69) is 41.8 Å². The molecular formula is C49H45N3O5S. The number of benzene rings is 6. The Kier molecular flexibility index (Phi) is 12.4. The molecule has 9 heteroatoms. The smallest absolute Gasteiger partial charge is 0.315 e. The first kappa shape index (κ1) is 38.9. The van der Waals surface area contributed by atoms with Crippen molar-refractivity contribution in [3.63, 3.8) is 0 Å². The van der Waals surface area contributed by atoms with Gasteiger partial charge in [-0.3, -0.25) is 0 Å². The first-order chi connectivity index (χ1) is 28.5. The number of amides is 2. The molecule has 1 aliphatic rings. The SMILES string of the molecule is C[C@H]1[C@@H](CSc2nc(-c3ccccc3)c(-c3ccccc3)o2)O[C@@H](c2cccc(-c3cccc(CNC(=O)NCc4ccccc4)c3)c2)O[C@H]1c1ccc(CO)cc1. The van der Waals surface area contributed by atoms with Crippen molar-refractivity contribution >= 4 is 17.8 Å². The number of thioether (sulfide) groups is 1. The zero-order chi connectivity index (χ0) is 39.7. The van der Waals surface area contributed by atoms with Gasteiger partial charge in [-0.25, -0.2) is 9.78 Å². The molecule has 0 saturated carbocycles. The molecule has 2 amide bonds. The number of aromatic nitrogens is 1. The van der Waals surface area contributed by atoms with Crippen LogP contribution in [-0.2, 0) is 29.2 Å². The second-order valence-corrected chi connectivity index (χ2v) is 15.3. The van der Waals surface area contributed by atoms with Crippen molar-refractivity contribution in [2.45, 2.75) is 50.3 Å². The maximum absolute atomic E-state index is 12.6. The number of hydrogen-bond acceptors (Lipinski definition) is 7. The summed E-state index contributed by atoms with van der Waals surface area (Å²) >= 11 is 1.54. The average molecular weight is 788 g/mol. The van der Waals surface area contributed by atoms with E-state index in [1.165, 1.54) is 11.8 Å². The fraction of sp³-hybridized carbons (Fsp3) is 0.184. The van der Waals surface area contributed by atoms with Gasteiger partial charge >= 0.3 is 6.03 Å². The molecule has 0 radical (unpaired) electrons. The van der Waals surface area contributed by atoms with Crippen LogP contribution >= 0.6 is 11.8 Å². The van der Waals surface area contributed by atoms with Crippen LogP contribution in [0, 0.1) is 5.92 Å². The van der Waals surface area contributed by atoms with E-state index in [1.54, 1.807) is 0 Å². The third-order valence-corrected chi connectivity index (χ3v) is 11.3. The standard InChI is InChI=1S/C49H45N3O5S/c1-33-43(32-58-49-52-44(37-16-7-3-8-17-37)46(57-49)38-18-9-4-10-19-38)55-47(56-45(33)39-25-23-35(31-53)24-26-39)42-22-12-21-41(28-42)40-20-11-15-36(27-40)30-51-48(54)50-29-34-13-5-2-6-14-34/h2-28,33,43,45,47,53H,29-32H2,1H3,(H2,50,51,54)/t33-,43+,45+,47+/m0/s1. The van der Waals surface area contributed by atoms with Crippen LogP contribution in [0.25, 0.3) is 33.7 Å². The van der Waals surface area contributed by atoms with E-state index in [-0.39, 0.29) is 30.8 Å².